The van der Waals surface area contributed by atoms with Gasteiger partial charge in [0, 0.05) is 31.6 Å². The monoisotopic (exact) mass is 370 g/mol. The largest absolute Gasteiger partial charge is 0.322 e. The van der Waals surface area contributed by atoms with Crippen molar-refractivity contribution >= 4 is 17.7 Å². The van der Waals surface area contributed by atoms with Crippen molar-refractivity contribution < 1.29 is 14.4 Å². The van der Waals surface area contributed by atoms with Gasteiger partial charge in [-0.3, -0.25) is 19.7 Å². The summed E-state index contributed by atoms with van der Waals surface area (Å²) in [5.74, 6) is -0.0544. The molecule has 2 N–H and O–H groups in total. The van der Waals surface area contributed by atoms with E-state index in [1.54, 1.807) is 4.90 Å². The summed E-state index contributed by atoms with van der Waals surface area (Å²) in [6.45, 7) is 4.42. The van der Waals surface area contributed by atoms with Crippen molar-refractivity contribution in [1.82, 2.24) is 20.4 Å². The van der Waals surface area contributed by atoms with Crippen LogP contribution in [0.2, 0.25) is 0 Å². The molecule has 0 radical (unpaired) electrons. The SMILES string of the molecule is CN(Cc1cccc2c1CN(C1CCC(=O)NC1=O)C2=O)C[C@H]1CCNC1. The van der Waals surface area contributed by atoms with Gasteiger partial charge in [-0.25, -0.2) is 0 Å². The summed E-state index contributed by atoms with van der Waals surface area (Å²) in [6.07, 6.45) is 1.88. The van der Waals surface area contributed by atoms with Crippen molar-refractivity contribution in [2.24, 2.45) is 5.92 Å². The molecule has 1 aromatic carbocycles. The molecule has 0 aromatic heterocycles. The molecular formula is C20H26N4O3. The van der Waals surface area contributed by atoms with Gasteiger partial charge in [-0.15, -0.1) is 0 Å². The highest BCUT2D eigenvalue weighted by atomic mass is 16.2. The highest BCUT2D eigenvalue weighted by Crippen LogP contribution is 2.30. The standard InChI is InChI=1S/C20H26N4O3/c1-23(10-13-7-8-21-9-13)11-14-3-2-4-15-16(14)12-24(20(15)27)17-5-6-18(25)22-19(17)26/h2-4,13,17,21H,5-12H2,1H3,(H,22,25,26)/t13-,17?/m0/s1. The molecule has 3 aliphatic heterocycles. The van der Waals surface area contributed by atoms with Gasteiger partial charge in [0.2, 0.25) is 11.8 Å². The Labute approximate surface area is 159 Å². The van der Waals surface area contributed by atoms with Gasteiger partial charge in [0.15, 0.2) is 0 Å². The van der Waals surface area contributed by atoms with Crippen LogP contribution in [0.1, 0.15) is 40.7 Å². The van der Waals surface area contributed by atoms with Crippen LogP contribution in [0.3, 0.4) is 0 Å². The minimum absolute atomic E-state index is 0.107. The van der Waals surface area contributed by atoms with Gasteiger partial charge in [-0.1, -0.05) is 12.1 Å². The number of carbonyl (C=O) groups excluding carboxylic acids is 3. The van der Waals surface area contributed by atoms with E-state index in [0.29, 0.717) is 24.4 Å². The lowest BCUT2D eigenvalue weighted by Crippen LogP contribution is -2.52. The Hall–Kier alpha value is -2.25. The summed E-state index contributed by atoms with van der Waals surface area (Å²) in [4.78, 5) is 40.4. The number of piperidine rings is 1. The Morgan fingerprint density at radius 3 is 2.81 bits per heavy atom. The molecule has 3 aliphatic rings. The molecule has 0 bridgehead atoms. The van der Waals surface area contributed by atoms with Crippen LogP contribution in [0.15, 0.2) is 18.2 Å². The topological polar surface area (TPSA) is 81.8 Å². The van der Waals surface area contributed by atoms with Crippen LogP contribution in [0.5, 0.6) is 0 Å². The summed E-state index contributed by atoms with van der Waals surface area (Å²) in [6, 6.07) is 5.28. The second kappa shape index (κ2) is 7.40. The molecule has 3 heterocycles. The number of carbonyl (C=O) groups is 3. The van der Waals surface area contributed by atoms with E-state index in [-0.39, 0.29) is 24.1 Å². The van der Waals surface area contributed by atoms with E-state index in [1.807, 2.05) is 12.1 Å². The molecule has 2 atom stereocenters. The molecule has 7 heteroatoms. The van der Waals surface area contributed by atoms with Gasteiger partial charge >= 0.3 is 0 Å². The summed E-state index contributed by atoms with van der Waals surface area (Å²) >= 11 is 0. The van der Waals surface area contributed by atoms with Crippen molar-refractivity contribution in [2.75, 3.05) is 26.7 Å². The van der Waals surface area contributed by atoms with Crippen molar-refractivity contribution in [2.45, 2.75) is 38.4 Å². The Balaban J connectivity index is 1.48. The normalized spacial score (nSPS) is 25.3. The van der Waals surface area contributed by atoms with Crippen LogP contribution >= 0.6 is 0 Å². The molecule has 0 aliphatic carbocycles. The molecule has 0 saturated carbocycles. The molecule has 27 heavy (non-hydrogen) atoms. The van der Waals surface area contributed by atoms with Crippen molar-refractivity contribution in [3.8, 4) is 0 Å². The van der Waals surface area contributed by atoms with Crippen LogP contribution in [-0.2, 0) is 22.7 Å². The van der Waals surface area contributed by atoms with Gasteiger partial charge in [0.05, 0.1) is 0 Å². The van der Waals surface area contributed by atoms with Gasteiger partial charge in [-0.2, -0.15) is 0 Å². The molecule has 3 amide bonds. The third-order valence-corrected chi connectivity index (χ3v) is 5.85. The number of imide groups is 1. The first-order valence-corrected chi connectivity index (χ1v) is 9.67. The lowest BCUT2D eigenvalue weighted by atomic mass is 10.0. The number of hydrogen-bond donors (Lipinski definition) is 2. The third-order valence-electron chi connectivity index (χ3n) is 5.85. The molecule has 0 spiro atoms. The van der Waals surface area contributed by atoms with Crippen molar-refractivity contribution in [3.05, 3.63) is 34.9 Å². The predicted octanol–water partition coefficient (Wildman–Crippen LogP) is 0.489. The molecule has 4 rings (SSSR count). The summed E-state index contributed by atoms with van der Waals surface area (Å²) < 4.78 is 0. The first kappa shape index (κ1) is 18.1. The van der Waals surface area contributed by atoms with Crippen LogP contribution in [0.25, 0.3) is 0 Å². The van der Waals surface area contributed by atoms with Crippen molar-refractivity contribution in [3.63, 3.8) is 0 Å². The van der Waals surface area contributed by atoms with Crippen LogP contribution in [0, 0.1) is 5.92 Å². The first-order chi connectivity index (χ1) is 13.0. The van der Waals surface area contributed by atoms with Crippen molar-refractivity contribution in [1.29, 1.82) is 0 Å². The lowest BCUT2D eigenvalue weighted by molar-refractivity contribution is -0.136. The average molecular weight is 370 g/mol. The van der Waals surface area contributed by atoms with Gasteiger partial charge in [0.25, 0.3) is 5.91 Å². The smallest absolute Gasteiger partial charge is 0.255 e. The molecule has 2 fully saturated rings. The zero-order valence-corrected chi connectivity index (χ0v) is 15.7. The number of fused-ring (bicyclic) bond motifs is 1. The minimum Gasteiger partial charge on any atom is -0.322 e. The first-order valence-electron chi connectivity index (χ1n) is 9.67. The van der Waals surface area contributed by atoms with E-state index in [9.17, 15) is 14.4 Å². The molecular weight excluding hydrogens is 344 g/mol. The second-order valence-electron chi connectivity index (χ2n) is 7.90. The molecule has 1 unspecified atom stereocenters. The fourth-order valence-corrected chi connectivity index (χ4v) is 4.46. The molecule has 1 aromatic rings. The Kier molecular flexibility index (Phi) is 4.97. The third kappa shape index (κ3) is 3.61. The van der Waals surface area contributed by atoms with E-state index >= 15 is 0 Å². The average Bonchev–Trinajstić information content (AvgIpc) is 3.24. The number of hydrogen-bond acceptors (Lipinski definition) is 5. The Morgan fingerprint density at radius 2 is 2.07 bits per heavy atom. The molecule has 2 saturated heterocycles. The maximum Gasteiger partial charge on any atom is 0.255 e. The number of amides is 3. The quantitative estimate of drug-likeness (QED) is 0.738. The second-order valence-corrected chi connectivity index (χ2v) is 7.90. The highest BCUT2D eigenvalue weighted by molar-refractivity contribution is 6.05. The lowest BCUT2D eigenvalue weighted by Gasteiger charge is -2.29. The Bertz CT molecular complexity index is 772. The van der Waals surface area contributed by atoms with Crippen LogP contribution < -0.4 is 10.6 Å². The summed E-state index contributed by atoms with van der Waals surface area (Å²) in [5.41, 5.74) is 2.85. The number of rotatable bonds is 5. The number of benzene rings is 1. The van der Waals surface area contributed by atoms with Crippen LogP contribution in [0.4, 0.5) is 0 Å². The summed E-state index contributed by atoms with van der Waals surface area (Å²) in [7, 11) is 2.12. The van der Waals surface area contributed by atoms with E-state index in [0.717, 1.165) is 37.3 Å². The maximum absolute atomic E-state index is 12.9. The van der Waals surface area contributed by atoms with E-state index in [1.165, 1.54) is 6.42 Å². The zero-order chi connectivity index (χ0) is 19.0. The fraction of sp³-hybridized carbons (Fsp3) is 0.550. The van der Waals surface area contributed by atoms with Gasteiger partial charge < -0.3 is 15.1 Å². The maximum atomic E-state index is 12.9. The Morgan fingerprint density at radius 1 is 1.22 bits per heavy atom. The fourth-order valence-electron chi connectivity index (χ4n) is 4.46. The molecule has 144 valence electrons. The summed E-state index contributed by atoms with van der Waals surface area (Å²) in [5, 5.41) is 5.75. The van der Waals surface area contributed by atoms with Crippen LogP contribution in [-0.4, -0.2) is 60.2 Å². The van der Waals surface area contributed by atoms with Gasteiger partial charge in [-0.05, 0) is 56.1 Å². The number of nitrogens with zero attached hydrogens (tertiary/aromatic N) is 2. The minimum atomic E-state index is -0.558. The van der Waals surface area contributed by atoms with Gasteiger partial charge in [0.1, 0.15) is 6.04 Å². The van der Waals surface area contributed by atoms with E-state index in [2.05, 4.69) is 28.6 Å². The number of nitrogens with one attached hydrogen (secondary N) is 2. The predicted molar refractivity (Wildman–Crippen MR) is 99.8 cm³/mol. The highest BCUT2D eigenvalue weighted by Gasteiger charge is 2.39. The van der Waals surface area contributed by atoms with E-state index < -0.39 is 6.04 Å². The zero-order valence-electron chi connectivity index (χ0n) is 15.7. The molecule has 7 nitrogen and oxygen atoms in total. The van der Waals surface area contributed by atoms with E-state index in [4.69, 9.17) is 0 Å².